The number of nitrogens with one attached hydrogen (secondary N) is 1. The van der Waals surface area contributed by atoms with E-state index in [1.807, 2.05) is 13.8 Å². The molecule has 0 aromatic heterocycles. The van der Waals surface area contributed by atoms with Crippen molar-refractivity contribution >= 4 is 5.97 Å². The Kier molecular flexibility index (Phi) is 8.17. The molecule has 1 unspecified atom stereocenters. The highest BCUT2D eigenvalue weighted by molar-refractivity contribution is 5.76. The number of carbonyl (C=O) groups excluding carboxylic acids is 1. The Labute approximate surface area is 105 Å². The van der Waals surface area contributed by atoms with Crippen LogP contribution < -0.4 is 5.32 Å². The fraction of sp³-hybridized carbons (Fsp3) is 0.923. The van der Waals surface area contributed by atoms with Gasteiger partial charge in [-0.3, -0.25) is 4.79 Å². The van der Waals surface area contributed by atoms with Crippen LogP contribution in [0.4, 0.5) is 0 Å². The summed E-state index contributed by atoms with van der Waals surface area (Å²) < 4.78 is 4.75. The maximum Gasteiger partial charge on any atom is 0.312 e. The molecule has 0 aliphatic carbocycles. The Morgan fingerprint density at radius 2 is 2.06 bits per heavy atom. The minimum absolute atomic E-state index is 0.195. The van der Waals surface area contributed by atoms with Crippen LogP contribution in [0, 0.1) is 11.3 Å². The second-order valence-corrected chi connectivity index (χ2v) is 5.17. The second-order valence-electron chi connectivity index (χ2n) is 5.17. The van der Waals surface area contributed by atoms with Crippen molar-refractivity contribution in [3.05, 3.63) is 0 Å². The molecule has 0 fully saturated rings. The Bertz CT molecular complexity index is 211. The summed E-state index contributed by atoms with van der Waals surface area (Å²) in [5.41, 5.74) is -0.495. The van der Waals surface area contributed by atoms with Crippen LogP contribution in [0.2, 0.25) is 0 Å². The Balaban J connectivity index is 3.97. The Morgan fingerprint density at radius 1 is 1.41 bits per heavy atom. The Morgan fingerprint density at radius 3 is 2.53 bits per heavy atom. The average molecular weight is 245 g/mol. The molecule has 0 radical (unpaired) electrons. The molecule has 0 aromatic rings. The van der Waals surface area contributed by atoms with Crippen LogP contribution >= 0.6 is 0 Å². The standard InChI is InChI=1S/C13H27NO3/c1-5-6-11(7-8-15)9-14-10-13(2,3)12(16)17-4/h11,14-15H,5-10H2,1-4H3. The molecule has 102 valence electrons. The van der Waals surface area contributed by atoms with Gasteiger partial charge < -0.3 is 15.2 Å². The summed E-state index contributed by atoms with van der Waals surface area (Å²) >= 11 is 0. The molecule has 4 heteroatoms. The van der Waals surface area contributed by atoms with Crippen LogP contribution in [-0.4, -0.2) is 37.9 Å². The molecule has 0 amide bonds. The monoisotopic (exact) mass is 245 g/mol. The lowest BCUT2D eigenvalue weighted by Crippen LogP contribution is -2.38. The van der Waals surface area contributed by atoms with Gasteiger partial charge in [-0.15, -0.1) is 0 Å². The summed E-state index contributed by atoms with van der Waals surface area (Å²) in [6.45, 7) is 7.55. The number of hydrogen-bond donors (Lipinski definition) is 2. The molecule has 0 bridgehead atoms. The lowest BCUT2D eigenvalue weighted by atomic mass is 9.93. The number of methoxy groups -OCH3 is 1. The minimum Gasteiger partial charge on any atom is -0.469 e. The zero-order chi connectivity index (χ0) is 13.3. The van der Waals surface area contributed by atoms with Crippen molar-refractivity contribution in [3.63, 3.8) is 0 Å². The predicted molar refractivity (Wildman–Crippen MR) is 68.8 cm³/mol. The van der Waals surface area contributed by atoms with Crippen molar-refractivity contribution in [2.75, 3.05) is 26.8 Å². The molecule has 0 aliphatic rings. The van der Waals surface area contributed by atoms with E-state index in [-0.39, 0.29) is 12.6 Å². The topological polar surface area (TPSA) is 58.6 Å². The van der Waals surface area contributed by atoms with Crippen LogP contribution in [-0.2, 0) is 9.53 Å². The third kappa shape index (κ3) is 6.64. The zero-order valence-corrected chi connectivity index (χ0v) is 11.6. The van der Waals surface area contributed by atoms with Gasteiger partial charge in [0.05, 0.1) is 12.5 Å². The van der Waals surface area contributed by atoms with E-state index in [4.69, 9.17) is 9.84 Å². The number of ether oxygens (including phenoxy) is 1. The molecule has 4 nitrogen and oxygen atoms in total. The maximum absolute atomic E-state index is 11.5. The highest BCUT2D eigenvalue weighted by atomic mass is 16.5. The average Bonchev–Trinajstić information content (AvgIpc) is 2.28. The zero-order valence-electron chi connectivity index (χ0n) is 11.6. The first kappa shape index (κ1) is 16.4. The van der Waals surface area contributed by atoms with Gasteiger partial charge in [0.15, 0.2) is 0 Å². The molecule has 2 N–H and O–H groups in total. The van der Waals surface area contributed by atoms with E-state index in [0.29, 0.717) is 12.5 Å². The van der Waals surface area contributed by atoms with E-state index < -0.39 is 5.41 Å². The van der Waals surface area contributed by atoms with Crippen LogP contribution in [0.15, 0.2) is 0 Å². The van der Waals surface area contributed by atoms with Gasteiger partial charge in [0.2, 0.25) is 0 Å². The van der Waals surface area contributed by atoms with Crippen LogP contribution in [0.1, 0.15) is 40.0 Å². The SMILES string of the molecule is CCCC(CCO)CNCC(C)(C)C(=O)OC. The van der Waals surface area contributed by atoms with Crippen LogP contribution in [0.3, 0.4) is 0 Å². The van der Waals surface area contributed by atoms with Crippen molar-refractivity contribution in [1.29, 1.82) is 0 Å². The largest absolute Gasteiger partial charge is 0.469 e. The van der Waals surface area contributed by atoms with Gasteiger partial charge in [-0.25, -0.2) is 0 Å². The Hall–Kier alpha value is -0.610. The summed E-state index contributed by atoms with van der Waals surface area (Å²) in [5.74, 6) is 0.289. The van der Waals surface area contributed by atoms with Gasteiger partial charge in [0.25, 0.3) is 0 Å². The first-order valence-electron chi connectivity index (χ1n) is 6.38. The quantitative estimate of drug-likeness (QED) is 0.605. The maximum atomic E-state index is 11.5. The lowest BCUT2D eigenvalue weighted by molar-refractivity contribution is -0.150. The van der Waals surface area contributed by atoms with E-state index in [9.17, 15) is 4.79 Å². The van der Waals surface area contributed by atoms with Gasteiger partial charge in [-0.05, 0) is 39.2 Å². The number of rotatable bonds is 9. The van der Waals surface area contributed by atoms with Gasteiger partial charge in [-0.1, -0.05) is 13.3 Å². The van der Waals surface area contributed by atoms with Crippen LogP contribution in [0.5, 0.6) is 0 Å². The van der Waals surface area contributed by atoms with E-state index >= 15 is 0 Å². The predicted octanol–water partition coefficient (Wildman–Crippen LogP) is 1.57. The first-order valence-corrected chi connectivity index (χ1v) is 6.38. The fourth-order valence-electron chi connectivity index (χ4n) is 1.88. The second kappa shape index (κ2) is 8.48. The first-order chi connectivity index (χ1) is 7.97. The fourth-order valence-corrected chi connectivity index (χ4v) is 1.88. The molecule has 0 aliphatic heterocycles. The molecule has 17 heavy (non-hydrogen) atoms. The highest BCUT2D eigenvalue weighted by Gasteiger charge is 2.28. The van der Waals surface area contributed by atoms with Crippen molar-refractivity contribution in [1.82, 2.24) is 5.32 Å². The summed E-state index contributed by atoms with van der Waals surface area (Å²) in [4.78, 5) is 11.5. The minimum atomic E-state index is -0.495. The van der Waals surface area contributed by atoms with Crippen molar-refractivity contribution in [2.45, 2.75) is 40.0 Å². The highest BCUT2D eigenvalue weighted by Crippen LogP contribution is 2.16. The van der Waals surface area contributed by atoms with Gasteiger partial charge in [0, 0.05) is 13.2 Å². The third-order valence-electron chi connectivity index (χ3n) is 2.97. The smallest absolute Gasteiger partial charge is 0.312 e. The van der Waals surface area contributed by atoms with Gasteiger partial charge in [0.1, 0.15) is 0 Å². The summed E-state index contributed by atoms with van der Waals surface area (Å²) in [6, 6.07) is 0. The van der Waals surface area contributed by atoms with Crippen LogP contribution in [0.25, 0.3) is 0 Å². The third-order valence-corrected chi connectivity index (χ3v) is 2.97. The van der Waals surface area contributed by atoms with E-state index in [1.54, 1.807) is 0 Å². The molecule has 1 atom stereocenters. The van der Waals surface area contributed by atoms with E-state index in [2.05, 4.69) is 12.2 Å². The number of aliphatic hydroxyl groups is 1. The summed E-state index contributed by atoms with van der Waals surface area (Å²) in [6.07, 6.45) is 3.04. The van der Waals surface area contributed by atoms with E-state index in [1.165, 1.54) is 7.11 Å². The molecule has 0 aromatic carbocycles. The molecule has 0 saturated heterocycles. The molecular formula is C13H27NO3. The molecule has 0 spiro atoms. The number of aliphatic hydroxyl groups excluding tert-OH is 1. The normalized spacial score (nSPS) is 13.5. The number of carbonyl (C=O) groups is 1. The molecule has 0 heterocycles. The summed E-state index contributed by atoms with van der Waals surface area (Å²) in [5, 5.41) is 12.2. The van der Waals surface area contributed by atoms with Gasteiger partial charge >= 0.3 is 5.97 Å². The van der Waals surface area contributed by atoms with Crippen molar-refractivity contribution in [2.24, 2.45) is 11.3 Å². The number of esters is 1. The molecular weight excluding hydrogens is 218 g/mol. The van der Waals surface area contributed by atoms with E-state index in [0.717, 1.165) is 25.8 Å². The molecule has 0 saturated carbocycles. The summed E-state index contributed by atoms with van der Waals surface area (Å²) in [7, 11) is 1.41. The van der Waals surface area contributed by atoms with Gasteiger partial charge in [-0.2, -0.15) is 0 Å². The van der Waals surface area contributed by atoms with Crippen molar-refractivity contribution in [3.8, 4) is 0 Å². The lowest BCUT2D eigenvalue weighted by Gasteiger charge is -2.23. The van der Waals surface area contributed by atoms with Crippen molar-refractivity contribution < 1.29 is 14.6 Å². The molecule has 0 rings (SSSR count). The number of hydrogen-bond acceptors (Lipinski definition) is 4.